The Kier molecular flexibility index (Phi) is 3.27. The summed E-state index contributed by atoms with van der Waals surface area (Å²) < 4.78 is 0. The van der Waals surface area contributed by atoms with Gasteiger partial charge in [0.05, 0.1) is 5.41 Å². The van der Waals surface area contributed by atoms with Crippen LogP contribution in [0.25, 0.3) is 10.6 Å². The summed E-state index contributed by atoms with van der Waals surface area (Å²) in [6, 6.07) is 10.0. The number of carbonyl (C=O) groups is 1. The normalized spacial score (nSPS) is 33.6. The second kappa shape index (κ2) is 5.38. The van der Waals surface area contributed by atoms with E-state index in [9.17, 15) is 4.79 Å². The topological polar surface area (TPSA) is 54.9 Å². The molecule has 0 radical (unpaired) electrons. The lowest BCUT2D eigenvalue weighted by atomic mass is 9.49. The smallest absolute Gasteiger partial charge is 0.232 e. The highest BCUT2D eigenvalue weighted by Gasteiger charge is 2.54. The SMILES string of the molecule is O=C(Nc1nnc(-c2ccccc2)s1)C12CC3CC(CC(C3)C1)C2. The molecular weight excluding hydrogens is 318 g/mol. The van der Waals surface area contributed by atoms with Gasteiger partial charge in [-0.3, -0.25) is 4.79 Å². The van der Waals surface area contributed by atoms with Crippen LogP contribution in [0.5, 0.6) is 0 Å². The van der Waals surface area contributed by atoms with E-state index < -0.39 is 0 Å². The monoisotopic (exact) mass is 339 g/mol. The van der Waals surface area contributed by atoms with Gasteiger partial charge in [-0.1, -0.05) is 41.7 Å². The van der Waals surface area contributed by atoms with E-state index in [1.165, 1.54) is 30.6 Å². The summed E-state index contributed by atoms with van der Waals surface area (Å²) in [5.74, 6) is 2.52. The van der Waals surface area contributed by atoms with E-state index in [4.69, 9.17) is 0 Å². The summed E-state index contributed by atoms with van der Waals surface area (Å²) in [6.45, 7) is 0. The molecule has 0 saturated heterocycles. The predicted octanol–water partition coefficient (Wildman–Crippen LogP) is 4.36. The third kappa shape index (κ3) is 2.37. The third-order valence-electron chi connectivity index (χ3n) is 6.19. The largest absolute Gasteiger partial charge is 0.300 e. The highest BCUT2D eigenvalue weighted by molar-refractivity contribution is 7.18. The lowest BCUT2D eigenvalue weighted by Gasteiger charge is -2.55. The fourth-order valence-electron chi connectivity index (χ4n) is 5.59. The molecule has 4 aliphatic carbocycles. The lowest BCUT2D eigenvalue weighted by molar-refractivity contribution is -0.140. The first-order chi connectivity index (χ1) is 11.7. The number of benzene rings is 1. The minimum absolute atomic E-state index is 0.132. The fraction of sp³-hybridized carbons (Fsp3) is 0.526. The fourth-order valence-corrected chi connectivity index (χ4v) is 6.33. The zero-order valence-electron chi connectivity index (χ0n) is 13.6. The van der Waals surface area contributed by atoms with E-state index in [1.807, 2.05) is 30.3 Å². The van der Waals surface area contributed by atoms with Crippen LogP contribution in [-0.2, 0) is 4.79 Å². The first-order valence-electron chi connectivity index (χ1n) is 8.91. The molecule has 5 heteroatoms. The minimum atomic E-state index is -0.132. The number of rotatable bonds is 3. The van der Waals surface area contributed by atoms with E-state index in [0.29, 0.717) is 5.13 Å². The molecule has 24 heavy (non-hydrogen) atoms. The molecule has 0 atom stereocenters. The highest BCUT2D eigenvalue weighted by Crippen LogP contribution is 2.60. The molecule has 0 spiro atoms. The van der Waals surface area contributed by atoms with Crippen molar-refractivity contribution in [2.24, 2.45) is 23.2 Å². The van der Waals surface area contributed by atoms with Gasteiger partial charge in [0.2, 0.25) is 11.0 Å². The Balaban J connectivity index is 1.35. The Bertz CT molecular complexity index is 735. The maximum atomic E-state index is 13.0. The van der Waals surface area contributed by atoms with Gasteiger partial charge in [-0.2, -0.15) is 0 Å². The molecule has 0 aliphatic heterocycles. The van der Waals surface area contributed by atoms with Gasteiger partial charge in [-0.15, -0.1) is 10.2 Å². The van der Waals surface area contributed by atoms with Gasteiger partial charge in [0, 0.05) is 5.56 Å². The summed E-state index contributed by atoms with van der Waals surface area (Å²) in [5, 5.41) is 13.0. The molecule has 1 heterocycles. The van der Waals surface area contributed by atoms with E-state index >= 15 is 0 Å². The molecule has 4 aliphatic rings. The number of nitrogens with one attached hydrogen (secondary N) is 1. The van der Waals surface area contributed by atoms with Crippen molar-refractivity contribution in [3.63, 3.8) is 0 Å². The summed E-state index contributed by atoms with van der Waals surface area (Å²) in [7, 11) is 0. The minimum Gasteiger partial charge on any atom is -0.300 e. The molecule has 6 rings (SSSR count). The Morgan fingerprint density at radius 2 is 1.62 bits per heavy atom. The molecule has 124 valence electrons. The molecule has 1 amide bonds. The summed E-state index contributed by atoms with van der Waals surface area (Å²) in [6.07, 6.45) is 7.29. The molecule has 4 bridgehead atoms. The molecule has 4 fully saturated rings. The van der Waals surface area contributed by atoms with Gasteiger partial charge in [-0.25, -0.2) is 0 Å². The van der Waals surface area contributed by atoms with E-state index in [2.05, 4.69) is 15.5 Å². The maximum Gasteiger partial charge on any atom is 0.232 e. The second-order valence-electron chi connectivity index (χ2n) is 7.93. The number of amides is 1. The summed E-state index contributed by atoms with van der Waals surface area (Å²) in [4.78, 5) is 13.0. The average molecular weight is 339 g/mol. The van der Waals surface area contributed by atoms with Crippen molar-refractivity contribution >= 4 is 22.4 Å². The van der Waals surface area contributed by atoms with Gasteiger partial charge in [0.1, 0.15) is 5.01 Å². The zero-order valence-corrected chi connectivity index (χ0v) is 14.4. The van der Waals surface area contributed by atoms with Crippen molar-refractivity contribution in [1.82, 2.24) is 10.2 Å². The molecular formula is C19H21N3OS. The van der Waals surface area contributed by atoms with Crippen LogP contribution in [0, 0.1) is 23.2 Å². The standard InChI is InChI=1S/C19H21N3OS/c23-17(19-9-12-6-13(10-19)8-14(7-12)11-19)20-18-22-21-16(24-18)15-4-2-1-3-5-15/h1-5,12-14H,6-11H2,(H,20,22,23). The molecule has 4 saturated carbocycles. The van der Waals surface area contributed by atoms with Crippen LogP contribution in [0.1, 0.15) is 38.5 Å². The number of hydrogen-bond donors (Lipinski definition) is 1. The number of aromatic nitrogens is 2. The average Bonchev–Trinajstić information content (AvgIpc) is 3.03. The molecule has 1 N–H and O–H groups in total. The highest BCUT2D eigenvalue weighted by atomic mass is 32.1. The predicted molar refractivity (Wildman–Crippen MR) is 94.6 cm³/mol. The third-order valence-corrected chi connectivity index (χ3v) is 7.07. The Hall–Kier alpha value is -1.75. The molecule has 2 aromatic rings. The number of carbonyl (C=O) groups excluding carboxylic acids is 1. The van der Waals surface area contributed by atoms with Crippen LogP contribution in [0.2, 0.25) is 0 Å². The number of anilines is 1. The van der Waals surface area contributed by atoms with Crippen LogP contribution in [0.3, 0.4) is 0 Å². The van der Waals surface area contributed by atoms with Crippen LogP contribution < -0.4 is 5.32 Å². The van der Waals surface area contributed by atoms with Crippen molar-refractivity contribution in [3.8, 4) is 10.6 Å². The first kappa shape index (κ1) is 14.6. The Morgan fingerprint density at radius 1 is 1.00 bits per heavy atom. The maximum absolute atomic E-state index is 13.0. The van der Waals surface area contributed by atoms with Crippen LogP contribution in [-0.4, -0.2) is 16.1 Å². The molecule has 1 aromatic heterocycles. The van der Waals surface area contributed by atoms with Gasteiger partial charge < -0.3 is 5.32 Å². The Morgan fingerprint density at radius 3 is 2.25 bits per heavy atom. The van der Waals surface area contributed by atoms with Crippen LogP contribution >= 0.6 is 11.3 Å². The van der Waals surface area contributed by atoms with Crippen LogP contribution in [0.15, 0.2) is 30.3 Å². The van der Waals surface area contributed by atoms with Crippen molar-refractivity contribution in [2.45, 2.75) is 38.5 Å². The van der Waals surface area contributed by atoms with Gasteiger partial charge in [0.15, 0.2) is 0 Å². The first-order valence-corrected chi connectivity index (χ1v) is 9.72. The van der Waals surface area contributed by atoms with Crippen molar-refractivity contribution < 1.29 is 4.79 Å². The van der Waals surface area contributed by atoms with Crippen molar-refractivity contribution in [2.75, 3.05) is 5.32 Å². The van der Waals surface area contributed by atoms with Crippen molar-refractivity contribution in [1.29, 1.82) is 0 Å². The summed E-state index contributed by atoms with van der Waals surface area (Å²) >= 11 is 1.46. The van der Waals surface area contributed by atoms with Gasteiger partial charge in [0.25, 0.3) is 0 Å². The van der Waals surface area contributed by atoms with E-state index in [0.717, 1.165) is 47.6 Å². The number of nitrogens with zero attached hydrogens (tertiary/aromatic N) is 2. The lowest BCUT2D eigenvalue weighted by Crippen LogP contribution is -2.51. The van der Waals surface area contributed by atoms with Gasteiger partial charge >= 0.3 is 0 Å². The number of hydrogen-bond acceptors (Lipinski definition) is 4. The second-order valence-corrected chi connectivity index (χ2v) is 8.91. The van der Waals surface area contributed by atoms with Crippen LogP contribution in [0.4, 0.5) is 5.13 Å². The molecule has 4 nitrogen and oxygen atoms in total. The summed E-state index contributed by atoms with van der Waals surface area (Å²) in [5.41, 5.74) is 0.915. The van der Waals surface area contributed by atoms with E-state index in [1.54, 1.807) is 0 Å². The van der Waals surface area contributed by atoms with Gasteiger partial charge in [-0.05, 0) is 56.3 Å². The molecule has 0 unspecified atom stereocenters. The quantitative estimate of drug-likeness (QED) is 0.904. The molecule has 1 aromatic carbocycles. The zero-order chi connectivity index (χ0) is 16.1. The Labute approximate surface area is 145 Å². The van der Waals surface area contributed by atoms with E-state index in [-0.39, 0.29) is 11.3 Å². The van der Waals surface area contributed by atoms with Crippen molar-refractivity contribution in [3.05, 3.63) is 30.3 Å².